The minimum absolute atomic E-state index is 0.143. The van der Waals surface area contributed by atoms with Crippen molar-refractivity contribution < 1.29 is 9.53 Å². The fraction of sp³-hybridized carbons (Fsp3) is 0.333. The zero-order valence-electron chi connectivity index (χ0n) is 8.91. The van der Waals surface area contributed by atoms with Gasteiger partial charge in [0.05, 0.1) is 12.5 Å². The normalized spacial score (nSPS) is 9.40. The van der Waals surface area contributed by atoms with Crippen LogP contribution in [0.5, 0.6) is 5.75 Å². The molecule has 0 spiro atoms. The van der Waals surface area contributed by atoms with Crippen LogP contribution in [0.4, 0.5) is 0 Å². The molecule has 3 nitrogen and oxygen atoms in total. The number of rotatable bonds is 3. The largest absolute Gasteiger partial charge is 0.426 e. The van der Waals surface area contributed by atoms with Crippen LogP contribution in [-0.4, -0.2) is 5.97 Å². The van der Waals surface area contributed by atoms with Gasteiger partial charge in [0.1, 0.15) is 5.75 Å². The number of esters is 1. The van der Waals surface area contributed by atoms with Crippen molar-refractivity contribution in [3.8, 4) is 11.8 Å². The highest BCUT2D eigenvalue weighted by Crippen LogP contribution is 2.22. The van der Waals surface area contributed by atoms with Crippen LogP contribution in [0.3, 0.4) is 0 Å². The van der Waals surface area contributed by atoms with Crippen molar-refractivity contribution in [1.82, 2.24) is 0 Å². The lowest BCUT2D eigenvalue weighted by Gasteiger charge is -2.09. The van der Waals surface area contributed by atoms with E-state index in [-0.39, 0.29) is 18.8 Å². The molecule has 1 aromatic rings. The number of nitrogens with zero attached hydrogens (tertiary/aromatic N) is 1. The predicted octanol–water partition coefficient (Wildman–Crippen LogP) is 2.51. The maximum atomic E-state index is 11.3. The van der Waals surface area contributed by atoms with Gasteiger partial charge in [-0.1, -0.05) is 18.2 Å². The molecular formula is C12H13NO2. The molecule has 3 heteroatoms. The van der Waals surface area contributed by atoms with Gasteiger partial charge in [0.15, 0.2) is 0 Å². The first kappa shape index (κ1) is 11.3. The van der Waals surface area contributed by atoms with E-state index in [9.17, 15) is 4.79 Å². The fourth-order valence-electron chi connectivity index (χ4n) is 1.28. The number of para-hydroxylation sites is 1. The Bertz CT molecular complexity index is 384. The van der Waals surface area contributed by atoms with E-state index in [0.29, 0.717) is 5.75 Å². The molecule has 0 heterocycles. The molecule has 78 valence electrons. The summed E-state index contributed by atoms with van der Waals surface area (Å²) in [5, 5.41) is 8.33. The first-order chi connectivity index (χ1) is 7.15. The fourth-order valence-corrected chi connectivity index (χ4v) is 1.28. The van der Waals surface area contributed by atoms with E-state index >= 15 is 0 Å². The molecule has 0 bridgehead atoms. The van der Waals surface area contributed by atoms with Gasteiger partial charge in [0.2, 0.25) is 0 Å². The van der Waals surface area contributed by atoms with Gasteiger partial charge >= 0.3 is 5.97 Å². The third kappa shape index (κ3) is 3.10. The minimum atomic E-state index is -0.353. The topological polar surface area (TPSA) is 50.1 Å². The minimum Gasteiger partial charge on any atom is -0.426 e. The van der Waals surface area contributed by atoms with Gasteiger partial charge in [0.25, 0.3) is 0 Å². The van der Waals surface area contributed by atoms with Crippen LogP contribution in [0, 0.1) is 25.2 Å². The van der Waals surface area contributed by atoms with E-state index in [0.717, 1.165) is 11.1 Å². The summed E-state index contributed by atoms with van der Waals surface area (Å²) in [6.45, 7) is 3.78. The molecule has 0 radical (unpaired) electrons. The molecule has 15 heavy (non-hydrogen) atoms. The van der Waals surface area contributed by atoms with Crippen molar-refractivity contribution in [2.75, 3.05) is 0 Å². The standard InChI is InChI=1S/C12H13NO2/c1-9-5-3-6-10(2)12(9)15-11(14)7-4-8-13/h3,5-6H,4,7H2,1-2H3. The Balaban J connectivity index is 2.73. The molecular weight excluding hydrogens is 190 g/mol. The van der Waals surface area contributed by atoms with Gasteiger partial charge in [-0.3, -0.25) is 4.79 Å². The number of carbonyl (C=O) groups excluding carboxylic acids is 1. The average Bonchev–Trinajstić information content (AvgIpc) is 2.21. The molecule has 0 amide bonds. The van der Waals surface area contributed by atoms with Crippen LogP contribution in [0.25, 0.3) is 0 Å². The third-order valence-electron chi connectivity index (χ3n) is 2.07. The van der Waals surface area contributed by atoms with Gasteiger partial charge in [-0.05, 0) is 25.0 Å². The maximum absolute atomic E-state index is 11.3. The van der Waals surface area contributed by atoms with Gasteiger partial charge in [-0.15, -0.1) is 0 Å². The summed E-state index contributed by atoms with van der Waals surface area (Å²) in [7, 11) is 0. The Kier molecular flexibility index (Phi) is 3.87. The molecule has 0 N–H and O–H groups in total. The van der Waals surface area contributed by atoms with E-state index in [1.165, 1.54) is 0 Å². The molecule has 0 saturated carbocycles. The second kappa shape index (κ2) is 5.16. The Hall–Kier alpha value is -1.82. The highest BCUT2D eigenvalue weighted by molar-refractivity contribution is 5.73. The van der Waals surface area contributed by atoms with Crippen molar-refractivity contribution in [3.63, 3.8) is 0 Å². The Labute approximate surface area is 89.3 Å². The lowest BCUT2D eigenvalue weighted by atomic mass is 10.1. The van der Waals surface area contributed by atoms with E-state index in [4.69, 9.17) is 10.00 Å². The molecule has 0 fully saturated rings. The van der Waals surface area contributed by atoms with Crippen LogP contribution in [0.1, 0.15) is 24.0 Å². The molecule has 0 atom stereocenters. The van der Waals surface area contributed by atoms with Gasteiger partial charge in [-0.2, -0.15) is 5.26 Å². The van der Waals surface area contributed by atoms with Crippen LogP contribution < -0.4 is 4.74 Å². The summed E-state index contributed by atoms with van der Waals surface area (Å²) < 4.78 is 5.19. The number of carbonyl (C=O) groups is 1. The van der Waals surface area contributed by atoms with E-state index in [1.54, 1.807) is 0 Å². The highest BCUT2D eigenvalue weighted by atomic mass is 16.5. The first-order valence-electron chi connectivity index (χ1n) is 4.79. The molecule has 1 aromatic carbocycles. The Morgan fingerprint density at radius 1 is 1.40 bits per heavy atom. The number of nitriles is 1. The summed E-state index contributed by atoms with van der Waals surface area (Å²) in [6, 6.07) is 7.60. The summed E-state index contributed by atoms with van der Waals surface area (Å²) in [6.07, 6.45) is 0.341. The molecule has 0 aliphatic heterocycles. The lowest BCUT2D eigenvalue weighted by Crippen LogP contribution is -2.09. The highest BCUT2D eigenvalue weighted by Gasteiger charge is 2.08. The average molecular weight is 203 g/mol. The van der Waals surface area contributed by atoms with Crippen LogP contribution in [-0.2, 0) is 4.79 Å². The third-order valence-corrected chi connectivity index (χ3v) is 2.07. The summed E-state index contributed by atoms with van der Waals surface area (Å²) in [4.78, 5) is 11.3. The number of hydrogen-bond donors (Lipinski definition) is 0. The van der Waals surface area contributed by atoms with Gasteiger partial charge in [-0.25, -0.2) is 0 Å². The molecule has 0 unspecified atom stereocenters. The molecule has 0 aromatic heterocycles. The van der Waals surface area contributed by atoms with Crippen molar-refractivity contribution >= 4 is 5.97 Å². The predicted molar refractivity (Wildman–Crippen MR) is 56.4 cm³/mol. The van der Waals surface area contributed by atoms with Crippen LogP contribution in [0.15, 0.2) is 18.2 Å². The summed E-state index contributed by atoms with van der Waals surface area (Å²) >= 11 is 0. The van der Waals surface area contributed by atoms with E-state index in [1.807, 2.05) is 38.1 Å². The van der Waals surface area contributed by atoms with Crippen molar-refractivity contribution in [2.24, 2.45) is 0 Å². The van der Waals surface area contributed by atoms with E-state index in [2.05, 4.69) is 0 Å². The molecule has 0 saturated heterocycles. The SMILES string of the molecule is Cc1cccc(C)c1OC(=O)CCC#N. The number of aryl methyl sites for hydroxylation is 2. The Morgan fingerprint density at radius 2 is 2.00 bits per heavy atom. The monoisotopic (exact) mass is 203 g/mol. The number of benzene rings is 1. The lowest BCUT2D eigenvalue weighted by molar-refractivity contribution is -0.134. The zero-order chi connectivity index (χ0) is 11.3. The van der Waals surface area contributed by atoms with Crippen molar-refractivity contribution in [3.05, 3.63) is 29.3 Å². The zero-order valence-corrected chi connectivity index (χ0v) is 8.91. The van der Waals surface area contributed by atoms with Gasteiger partial charge < -0.3 is 4.74 Å². The second-order valence-corrected chi connectivity index (χ2v) is 3.35. The number of hydrogen-bond acceptors (Lipinski definition) is 3. The van der Waals surface area contributed by atoms with Crippen molar-refractivity contribution in [1.29, 1.82) is 5.26 Å². The Morgan fingerprint density at radius 3 is 2.53 bits per heavy atom. The molecule has 0 aliphatic rings. The molecule has 1 rings (SSSR count). The summed E-state index contributed by atoms with van der Waals surface area (Å²) in [5.74, 6) is 0.259. The molecule has 0 aliphatic carbocycles. The van der Waals surface area contributed by atoms with Crippen LogP contribution >= 0.6 is 0 Å². The number of ether oxygens (including phenoxy) is 1. The van der Waals surface area contributed by atoms with Crippen molar-refractivity contribution in [2.45, 2.75) is 26.7 Å². The van der Waals surface area contributed by atoms with Gasteiger partial charge in [0, 0.05) is 6.42 Å². The smallest absolute Gasteiger partial charge is 0.312 e. The van der Waals surface area contributed by atoms with Crippen LogP contribution in [0.2, 0.25) is 0 Å². The quantitative estimate of drug-likeness (QED) is 0.560. The second-order valence-electron chi connectivity index (χ2n) is 3.35. The first-order valence-corrected chi connectivity index (χ1v) is 4.79. The summed E-state index contributed by atoms with van der Waals surface area (Å²) in [5.41, 5.74) is 1.86. The maximum Gasteiger partial charge on any atom is 0.312 e. The van der Waals surface area contributed by atoms with E-state index < -0.39 is 0 Å².